The number of rotatable bonds is 4. The minimum Gasteiger partial charge on any atom is -0.329 e. The van der Waals surface area contributed by atoms with E-state index in [0.717, 1.165) is 11.8 Å². The normalized spacial score (nSPS) is 12.8. The summed E-state index contributed by atoms with van der Waals surface area (Å²) in [6.45, 7) is -0.0490. The maximum absolute atomic E-state index is 11.9. The Morgan fingerprint density at radius 3 is 2.60 bits per heavy atom. The predicted octanol–water partition coefficient (Wildman–Crippen LogP) is 0.0788. The Labute approximate surface area is 115 Å². The molecule has 0 aliphatic carbocycles. The number of nitrogens with one attached hydrogen (secondary N) is 2. The van der Waals surface area contributed by atoms with Gasteiger partial charge < -0.3 is 5.32 Å². The first-order chi connectivity index (χ1) is 9.19. The number of hydrogen-bond donors (Lipinski definition) is 2. The summed E-state index contributed by atoms with van der Waals surface area (Å²) in [6.07, 6.45) is -4.54. The molecule has 0 saturated heterocycles. The Balaban J connectivity index is 2.42. The largest absolute Gasteiger partial charge is 0.405 e. The van der Waals surface area contributed by atoms with Crippen LogP contribution in [0.25, 0.3) is 0 Å². The average Bonchev–Trinajstić information content (AvgIpc) is 2.71. The molecule has 1 aromatic heterocycles. The molecule has 0 aliphatic heterocycles. The quantitative estimate of drug-likeness (QED) is 0.763. The number of thioether (sulfide) groups is 1. The number of nitrogens with zero attached hydrogens (tertiary/aromatic N) is 4. The lowest BCUT2D eigenvalue weighted by atomic mass is 10.4. The zero-order valence-corrected chi connectivity index (χ0v) is 11.2. The van der Waals surface area contributed by atoms with Crippen LogP contribution < -0.4 is 10.6 Å². The molecular formula is C8H11F3N6O2S. The molecule has 0 radical (unpaired) electrons. The lowest BCUT2D eigenvalue weighted by Gasteiger charge is -2.11. The van der Waals surface area contributed by atoms with Crippen molar-refractivity contribution in [1.29, 1.82) is 0 Å². The van der Waals surface area contributed by atoms with Crippen LogP contribution in [0.15, 0.2) is 5.16 Å². The van der Waals surface area contributed by atoms with E-state index >= 15 is 0 Å². The van der Waals surface area contributed by atoms with Gasteiger partial charge in [0.25, 0.3) is 0 Å². The molecule has 1 aromatic rings. The van der Waals surface area contributed by atoms with Crippen molar-refractivity contribution in [1.82, 2.24) is 30.8 Å². The second kappa shape index (κ2) is 6.54. The predicted molar refractivity (Wildman–Crippen MR) is 61.7 cm³/mol. The van der Waals surface area contributed by atoms with E-state index in [1.54, 1.807) is 12.4 Å². The van der Waals surface area contributed by atoms with Crippen LogP contribution in [-0.2, 0) is 11.8 Å². The minimum atomic E-state index is -4.54. The van der Waals surface area contributed by atoms with Crippen LogP contribution in [0.2, 0.25) is 0 Å². The second-order valence-electron chi connectivity index (χ2n) is 3.63. The number of aromatic nitrogens is 4. The summed E-state index contributed by atoms with van der Waals surface area (Å²) in [5.74, 6) is -0.752. The fraction of sp³-hybridized carbons (Fsp3) is 0.625. The minimum absolute atomic E-state index is 0.336. The topological polar surface area (TPSA) is 102 Å². The van der Waals surface area contributed by atoms with E-state index in [1.807, 2.05) is 0 Å². The van der Waals surface area contributed by atoms with Gasteiger partial charge in [0.05, 0.1) is 5.25 Å². The van der Waals surface area contributed by atoms with E-state index in [1.165, 1.54) is 16.9 Å². The van der Waals surface area contributed by atoms with Crippen LogP contribution in [0.5, 0.6) is 0 Å². The van der Waals surface area contributed by atoms with E-state index in [2.05, 4.69) is 15.5 Å². The van der Waals surface area contributed by atoms with Crippen LogP contribution in [0, 0.1) is 0 Å². The van der Waals surface area contributed by atoms with Crippen LogP contribution >= 0.6 is 11.8 Å². The zero-order valence-electron chi connectivity index (χ0n) is 10.4. The Hall–Kier alpha value is -1.85. The molecule has 1 atom stereocenters. The van der Waals surface area contributed by atoms with Gasteiger partial charge in [0.2, 0.25) is 11.1 Å². The number of amides is 3. The number of hydrogen-bond acceptors (Lipinski definition) is 6. The maximum Gasteiger partial charge on any atom is 0.405 e. The van der Waals surface area contributed by atoms with Crippen LogP contribution in [0.3, 0.4) is 0 Å². The molecule has 3 amide bonds. The van der Waals surface area contributed by atoms with Gasteiger partial charge in [0.15, 0.2) is 0 Å². The van der Waals surface area contributed by atoms with E-state index in [4.69, 9.17) is 0 Å². The van der Waals surface area contributed by atoms with E-state index < -0.39 is 29.9 Å². The third-order valence-electron chi connectivity index (χ3n) is 1.92. The fourth-order valence-electron chi connectivity index (χ4n) is 0.971. The standard InChI is InChI=1S/C8H11F3N6O2S/c1-4(20-7-14-15-16-17(7)2)5(18)13-6(19)12-3-8(9,10)11/h4H,3H2,1-2H3,(H2,12,13,18,19). The highest BCUT2D eigenvalue weighted by molar-refractivity contribution is 8.00. The highest BCUT2D eigenvalue weighted by atomic mass is 32.2. The van der Waals surface area contributed by atoms with Crippen molar-refractivity contribution in [3.8, 4) is 0 Å². The van der Waals surface area contributed by atoms with E-state index in [0.29, 0.717) is 5.16 Å². The summed E-state index contributed by atoms with van der Waals surface area (Å²) in [5.41, 5.74) is 0. The first kappa shape index (κ1) is 16.2. The monoisotopic (exact) mass is 312 g/mol. The Kier molecular flexibility index (Phi) is 5.30. The Bertz CT molecular complexity index is 491. The Morgan fingerprint density at radius 1 is 1.45 bits per heavy atom. The molecule has 1 heterocycles. The third-order valence-corrected chi connectivity index (χ3v) is 3.04. The molecule has 2 N–H and O–H groups in total. The molecule has 0 spiro atoms. The summed E-state index contributed by atoms with van der Waals surface area (Å²) < 4.78 is 36.9. The van der Waals surface area contributed by atoms with Gasteiger partial charge in [-0.05, 0) is 17.4 Å². The van der Waals surface area contributed by atoms with Crippen LogP contribution in [-0.4, -0.2) is 50.1 Å². The van der Waals surface area contributed by atoms with Crippen molar-refractivity contribution in [2.75, 3.05) is 6.54 Å². The van der Waals surface area contributed by atoms with Gasteiger partial charge in [-0.25, -0.2) is 9.48 Å². The number of tetrazole rings is 1. The molecule has 1 unspecified atom stereocenters. The van der Waals surface area contributed by atoms with Gasteiger partial charge in [-0.2, -0.15) is 13.2 Å². The van der Waals surface area contributed by atoms with Crippen molar-refractivity contribution in [3.05, 3.63) is 0 Å². The lowest BCUT2D eigenvalue weighted by Crippen LogP contribution is -2.45. The van der Waals surface area contributed by atoms with Crippen molar-refractivity contribution in [3.63, 3.8) is 0 Å². The Morgan fingerprint density at radius 2 is 2.10 bits per heavy atom. The van der Waals surface area contributed by atoms with E-state index in [9.17, 15) is 22.8 Å². The number of carbonyl (C=O) groups is 2. The van der Waals surface area contributed by atoms with Crippen molar-refractivity contribution in [2.45, 2.75) is 23.5 Å². The molecule has 1 rings (SSSR count). The number of aryl methyl sites for hydroxylation is 1. The number of carbonyl (C=O) groups excluding carboxylic acids is 2. The van der Waals surface area contributed by atoms with Crippen molar-refractivity contribution >= 4 is 23.7 Å². The SMILES string of the molecule is CC(Sc1nnnn1C)C(=O)NC(=O)NCC(F)(F)F. The summed E-state index contributed by atoms with van der Waals surface area (Å²) in [6, 6.07) is -1.21. The summed E-state index contributed by atoms with van der Waals surface area (Å²) in [5, 5.41) is 13.4. The molecule has 0 fully saturated rings. The number of alkyl halides is 3. The molecule has 0 aromatic carbocycles. The van der Waals surface area contributed by atoms with E-state index in [-0.39, 0.29) is 0 Å². The first-order valence-electron chi connectivity index (χ1n) is 5.23. The van der Waals surface area contributed by atoms with Gasteiger partial charge >= 0.3 is 12.2 Å². The smallest absolute Gasteiger partial charge is 0.329 e. The van der Waals surface area contributed by atoms with Crippen molar-refractivity contribution < 1.29 is 22.8 Å². The summed E-state index contributed by atoms with van der Waals surface area (Å²) in [7, 11) is 1.56. The highest BCUT2D eigenvalue weighted by Gasteiger charge is 2.28. The third kappa shape index (κ3) is 5.42. The number of urea groups is 1. The zero-order chi connectivity index (χ0) is 15.3. The van der Waals surface area contributed by atoms with Gasteiger partial charge in [0.1, 0.15) is 6.54 Å². The average molecular weight is 312 g/mol. The molecule has 0 bridgehead atoms. The molecule has 0 saturated carbocycles. The second-order valence-corrected chi connectivity index (χ2v) is 4.94. The molecule has 12 heteroatoms. The van der Waals surface area contributed by atoms with Gasteiger partial charge in [0, 0.05) is 7.05 Å². The van der Waals surface area contributed by atoms with Crippen molar-refractivity contribution in [2.24, 2.45) is 7.05 Å². The first-order valence-corrected chi connectivity index (χ1v) is 6.11. The summed E-state index contributed by atoms with van der Waals surface area (Å²) in [4.78, 5) is 22.6. The number of halogens is 3. The molecule has 8 nitrogen and oxygen atoms in total. The molecule has 112 valence electrons. The van der Waals surface area contributed by atoms with Gasteiger partial charge in [-0.3, -0.25) is 10.1 Å². The fourth-order valence-corrected chi connectivity index (χ4v) is 1.73. The summed E-state index contributed by atoms with van der Waals surface area (Å²) >= 11 is 0.963. The maximum atomic E-state index is 11.9. The highest BCUT2D eigenvalue weighted by Crippen LogP contribution is 2.19. The van der Waals surface area contributed by atoms with Crippen LogP contribution in [0.4, 0.5) is 18.0 Å². The number of imide groups is 1. The van der Waals surface area contributed by atoms with Gasteiger partial charge in [-0.15, -0.1) is 5.10 Å². The molecule has 20 heavy (non-hydrogen) atoms. The molecular weight excluding hydrogens is 301 g/mol. The lowest BCUT2D eigenvalue weighted by molar-refractivity contribution is -0.124. The molecule has 0 aliphatic rings. The van der Waals surface area contributed by atoms with Crippen LogP contribution in [0.1, 0.15) is 6.92 Å². The van der Waals surface area contributed by atoms with Gasteiger partial charge in [-0.1, -0.05) is 11.8 Å².